The molecule has 4 aromatic rings. The van der Waals surface area contributed by atoms with Crippen molar-refractivity contribution in [2.45, 2.75) is 44.5 Å². The van der Waals surface area contributed by atoms with Gasteiger partial charge in [-0.05, 0) is 25.8 Å². The van der Waals surface area contributed by atoms with Crippen LogP contribution in [-0.4, -0.2) is 39.3 Å². The van der Waals surface area contributed by atoms with Crippen molar-refractivity contribution >= 4 is 21.7 Å². The molecule has 7 rings (SSSR count). The van der Waals surface area contributed by atoms with Crippen molar-refractivity contribution in [1.82, 2.24) is 4.98 Å². The number of aliphatic hydroxyl groups excluding tert-OH is 2. The molecule has 3 heterocycles. The molecule has 2 aromatic heterocycles. The lowest BCUT2D eigenvalue weighted by atomic mass is 9.78. The Morgan fingerprint density at radius 1 is 1.03 bits per heavy atom. The summed E-state index contributed by atoms with van der Waals surface area (Å²) in [6.45, 7) is 1.61. The van der Waals surface area contributed by atoms with Crippen LogP contribution in [0.15, 0.2) is 20.1 Å². The van der Waals surface area contributed by atoms with Gasteiger partial charge < -0.3 is 44.0 Å². The topological polar surface area (TPSA) is 172 Å². The molecular formula is C27H23NO10. The van der Waals surface area contributed by atoms with E-state index in [0.717, 1.165) is 0 Å². The van der Waals surface area contributed by atoms with Gasteiger partial charge >= 0.3 is 0 Å². The Labute approximate surface area is 213 Å². The minimum atomic E-state index is -1.19. The third-order valence-corrected chi connectivity index (χ3v) is 7.82. The van der Waals surface area contributed by atoms with Crippen molar-refractivity contribution in [2.24, 2.45) is 0 Å². The number of phenols is 2. The zero-order chi connectivity index (χ0) is 26.6. The molecule has 0 saturated heterocycles. The maximum atomic E-state index is 13.7. The highest BCUT2D eigenvalue weighted by molar-refractivity contribution is 6.07. The second-order valence-corrected chi connectivity index (χ2v) is 9.92. The molecule has 11 nitrogen and oxygen atoms in total. The maximum absolute atomic E-state index is 13.7. The van der Waals surface area contributed by atoms with Crippen LogP contribution in [0.3, 0.4) is 0 Å². The van der Waals surface area contributed by atoms with Gasteiger partial charge in [-0.3, -0.25) is 9.59 Å². The Morgan fingerprint density at radius 3 is 2.53 bits per heavy atom. The Balaban J connectivity index is 1.69. The lowest BCUT2D eigenvalue weighted by Crippen LogP contribution is -2.26. The molecule has 3 atom stereocenters. The lowest BCUT2D eigenvalue weighted by molar-refractivity contribution is -0.0587. The van der Waals surface area contributed by atoms with Gasteiger partial charge in [-0.25, -0.2) is 0 Å². The van der Waals surface area contributed by atoms with E-state index in [1.807, 2.05) is 0 Å². The van der Waals surface area contributed by atoms with E-state index >= 15 is 0 Å². The molecule has 0 spiro atoms. The molecule has 0 fully saturated rings. The van der Waals surface area contributed by atoms with Gasteiger partial charge in [-0.15, -0.1) is 0 Å². The quantitative estimate of drug-likeness (QED) is 0.251. The van der Waals surface area contributed by atoms with E-state index in [1.165, 1.54) is 7.11 Å². The van der Waals surface area contributed by atoms with Gasteiger partial charge in [0.05, 0.1) is 30.3 Å². The number of methoxy groups -OCH3 is 1. The first-order valence-corrected chi connectivity index (χ1v) is 12.2. The molecule has 0 unspecified atom stereocenters. The first-order chi connectivity index (χ1) is 18.2. The molecule has 0 bridgehead atoms. The molecule has 3 aliphatic rings. The first-order valence-electron chi connectivity index (χ1n) is 12.2. The third-order valence-electron chi connectivity index (χ3n) is 7.82. The predicted octanol–water partition coefficient (Wildman–Crippen LogP) is 2.85. The van der Waals surface area contributed by atoms with Gasteiger partial charge in [0.25, 0.3) is 5.56 Å². The summed E-state index contributed by atoms with van der Waals surface area (Å²) in [5, 5.41) is 44.3. The number of aromatic amines is 1. The van der Waals surface area contributed by atoms with E-state index in [2.05, 4.69) is 4.98 Å². The number of aromatic nitrogens is 1. The molecule has 5 N–H and O–H groups in total. The molecule has 196 valence electrons. The predicted molar refractivity (Wildman–Crippen MR) is 133 cm³/mol. The van der Waals surface area contributed by atoms with E-state index in [0.29, 0.717) is 28.0 Å². The fourth-order valence-corrected chi connectivity index (χ4v) is 6.23. The van der Waals surface area contributed by atoms with Gasteiger partial charge in [-0.1, -0.05) is 0 Å². The van der Waals surface area contributed by atoms with Crippen molar-refractivity contribution in [3.63, 3.8) is 0 Å². The van der Waals surface area contributed by atoms with Gasteiger partial charge in [0.15, 0.2) is 18.1 Å². The number of aliphatic hydroxyl groups is 2. The number of rotatable bonds is 1. The summed E-state index contributed by atoms with van der Waals surface area (Å²) >= 11 is 0. The second kappa shape index (κ2) is 7.73. The van der Waals surface area contributed by atoms with Crippen molar-refractivity contribution in [1.29, 1.82) is 0 Å². The van der Waals surface area contributed by atoms with Gasteiger partial charge in [0, 0.05) is 39.8 Å². The van der Waals surface area contributed by atoms with Crippen LogP contribution >= 0.6 is 0 Å². The summed E-state index contributed by atoms with van der Waals surface area (Å²) in [6.07, 6.45) is -2.41. The number of pyridine rings is 1. The molecule has 0 saturated carbocycles. The Kier molecular flexibility index (Phi) is 4.70. The Bertz CT molecular complexity index is 1840. The number of nitrogens with one attached hydrogen (secondary N) is 1. The normalized spacial score (nSPS) is 21.5. The monoisotopic (exact) mass is 521 g/mol. The lowest BCUT2D eigenvalue weighted by Gasteiger charge is -2.35. The number of hydrogen-bond donors (Lipinski definition) is 5. The van der Waals surface area contributed by atoms with E-state index < -0.39 is 40.8 Å². The molecular weight excluding hydrogens is 498 g/mol. The number of hydrogen-bond acceptors (Lipinski definition) is 10. The van der Waals surface area contributed by atoms with E-state index in [1.54, 1.807) is 13.0 Å². The summed E-state index contributed by atoms with van der Waals surface area (Å²) in [4.78, 5) is 29.3. The number of ether oxygens (including phenoxy) is 3. The van der Waals surface area contributed by atoms with Crippen LogP contribution in [0.25, 0.3) is 32.9 Å². The number of H-pyrrole nitrogens is 1. The largest absolute Gasteiger partial charge is 0.506 e. The van der Waals surface area contributed by atoms with Crippen LogP contribution in [0.2, 0.25) is 0 Å². The smallest absolute Gasteiger partial charge is 0.259 e. The highest BCUT2D eigenvalue weighted by Crippen LogP contribution is 2.59. The number of fused-ring (bicyclic) bond motifs is 6. The maximum Gasteiger partial charge on any atom is 0.259 e. The van der Waals surface area contributed by atoms with Crippen LogP contribution in [-0.2, 0) is 11.2 Å². The Hall–Kier alpha value is -4.06. The minimum Gasteiger partial charge on any atom is -0.506 e. The van der Waals surface area contributed by atoms with Crippen LogP contribution in [0, 0.1) is 6.92 Å². The number of aryl methyl sites for hydroxylation is 1. The summed E-state index contributed by atoms with van der Waals surface area (Å²) in [6, 6.07) is 1.69. The van der Waals surface area contributed by atoms with Crippen LogP contribution in [0.4, 0.5) is 0 Å². The van der Waals surface area contributed by atoms with E-state index in [4.69, 9.17) is 18.6 Å². The third kappa shape index (κ3) is 2.78. The average Bonchev–Trinajstić information content (AvgIpc) is 2.88. The standard InChI is InChI=1S/C27H23NO10/c1-8-5-9-15(27(34)28-8)21(32)18-14-10(6-13-17(18)23(9)37-7-36-13)24(35-2)26-19(20(14)31)22(33)16-11(29)3-4-12(30)25(16)38-26/h5,11-13,29-32H,3-4,6-7H2,1-2H3,(H,28,34)/t11-,12-,13-/m1/s1. The first kappa shape index (κ1) is 23.1. The van der Waals surface area contributed by atoms with E-state index in [9.17, 15) is 30.0 Å². The molecule has 38 heavy (non-hydrogen) atoms. The van der Waals surface area contributed by atoms with Crippen molar-refractivity contribution < 1.29 is 39.1 Å². The molecule has 0 radical (unpaired) electrons. The highest BCUT2D eigenvalue weighted by Gasteiger charge is 2.42. The summed E-state index contributed by atoms with van der Waals surface area (Å²) in [5.41, 5.74) is 0.0618. The molecule has 2 aromatic carbocycles. The van der Waals surface area contributed by atoms with Crippen LogP contribution in [0.1, 0.15) is 59.3 Å². The summed E-state index contributed by atoms with van der Waals surface area (Å²) in [7, 11) is 1.37. The molecule has 2 aliphatic carbocycles. The van der Waals surface area contributed by atoms with Crippen molar-refractivity contribution in [3.8, 4) is 34.1 Å². The minimum absolute atomic E-state index is 0.0349. The van der Waals surface area contributed by atoms with Crippen LogP contribution in [0.5, 0.6) is 23.0 Å². The number of aromatic hydroxyl groups is 2. The fourth-order valence-electron chi connectivity index (χ4n) is 6.23. The SMILES string of the molecule is COc1c2c(c(O)c3c(=O)c4c(oc13)[C@H](O)CC[C@H]4O)-c1c3c(c4cc(C)[nH]c(=O)c4c1O)OCO[C@@H]3C2. The molecule has 1 aliphatic heterocycles. The number of benzene rings is 2. The van der Waals surface area contributed by atoms with Crippen molar-refractivity contribution in [3.05, 3.63) is 54.8 Å². The van der Waals surface area contributed by atoms with E-state index in [-0.39, 0.29) is 70.6 Å². The number of phenolic OH excluding ortho intramolecular Hbond substituents is 2. The van der Waals surface area contributed by atoms with Gasteiger partial charge in [0.2, 0.25) is 5.43 Å². The van der Waals surface area contributed by atoms with Crippen LogP contribution < -0.4 is 20.5 Å². The summed E-state index contributed by atoms with van der Waals surface area (Å²) < 4.78 is 23.4. The highest BCUT2D eigenvalue weighted by atomic mass is 16.7. The fraction of sp³-hybridized carbons (Fsp3) is 0.333. The van der Waals surface area contributed by atoms with Crippen molar-refractivity contribution in [2.75, 3.05) is 13.9 Å². The van der Waals surface area contributed by atoms with Gasteiger partial charge in [0.1, 0.15) is 34.5 Å². The zero-order valence-electron chi connectivity index (χ0n) is 20.4. The summed E-state index contributed by atoms with van der Waals surface area (Å²) in [5.74, 6) is -0.535. The second-order valence-electron chi connectivity index (χ2n) is 9.92. The average molecular weight is 521 g/mol. The van der Waals surface area contributed by atoms with Gasteiger partial charge in [-0.2, -0.15) is 0 Å². The molecule has 11 heteroatoms. The zero-order valence-corrected chi connectivity index (χ0v) is 20.4. The molecule has 0 amide bonds. The Morgan fingerprint density at radius 2 is 1.76 bits per heavy atom.